The van der Waals surface area contributed by atoms with Gasteiger partial charge in [-0.1, -0.05) is 18.2 Å². The summed E-state index contributed by atoms with van der Waals surface area (Å²) in [6.07, 6.45) is 2.45. The number of amides is 1. The summed E-state index contributed by atoms with van der Waals surface area (Å²) in [5.41, 5.74) is 4.61. The van der Waals surface area contributed by atoms with Crippen molar-refractivity contribution in [2.24, 2.45) is 0 Å². The first-order valence-electron chi connectivity index (χ1n) is 8.12. The Morgan fingerprint density at radius 3 is 2.88 bits per heavy atom. The molecular formula is C18H21N5O2. The number of nitrogens with one attached hydrogen (secondary N) is 1. The molecule has 3 rings (SSSR count). The molecule has 0 unspecified atom stereocenters. The summed E-state index contributed by atoms with van der Waals surface area (Å²) < 4.78 is 6.87. The molecule has 0 aliphatic carbocycles. The smallest absolute Gasteiger partial charge is 0.252 e. The Labute approximate surface area is 146 Å². The second-order valence-electron chi connectivity index (χ2n) is 5.87. The highest BCUT2D eigenvalue weighted by molar-refractivity contribution is 5.91. The normalized spacial score (nSPS) is 11.0. The monoisotopic (exact) mass is 339 g/mol. The highest BCUT2D eigenvalue weighted by Crippen LogP contribution is 2.18. The third-order valence-electron chi connectivity index (χ3n) is 4.18. The molecule has 1 aromatic carbocycles. The number of ether oxygens (including phenoxy) is 1. The molecule has 0 saturated heterocycles. The molecule has 2 heterocycles. The lowest BCUT2D eigenvalue weighted by Gasteiger charge is -2.12. The summed E-state index contributed by atoms with van der Waals surface area (Å²) in [5, 5.41) is 7.14. The van der Waals surface area contributed by atoms with E-state index in [1.807, 2.05) is 38.1 Å². The van der Waals surface area contributed by atoms with E-state index in [2.05, 4.69) is 20.4 Å². The van der Waals surface area contributed by atoms with Crippen LogP contribution in [-0.2, 0) is 22.6 Å². The third-order valence-corrected chi connectivity index (χ3v) is 4.18. The number of rotatable bonds is 6. The highest BCUT2D eigenvalue weighted by Gasteiger charge is 2.13. The fraction of sp³-hybridized carbons (Fsp3) is 0.333. The van der Waals surface area contributed by atoms with Crippen molar-refractivity contribution in [3.8, 4) is 0 Å². The molecule has 0 aliphatic rings. The molecule has 7 heteroatoms. The van der Waals surface area contributed by atoms with Crippen molar-refractivity contribution in [1.29, 1.82) is 0 Å². The highest BCUT2D eigenvalue weighted by atomic mass is 16.5. The Bertz CT molecular complexity index is 904. The largest absolute Gasteiger partial charge is 0.380 e. The van der Waals surface area contributed by atoms with Gasteiger partial charge in [0.1, 0.15) is 6.33 Å². The molecular weight excluding hydrogens is 318 g/mol. The maximum atomic E-state index is 12.4. The van der Waals surface area contributed by atoms with Crippen molar-refractivity contribution in [3.05, 3.63) is 53.1 Å². The molecule has 0 spiro atoms. The van der Waals surface area contributed by atoms with Crippen LogP contribution in [0.5, 0.6) is 0 Å². The number of benzene rings is 1. The fourth-order valence-corrected chi connectivity index (χ4v) is 2.89. The number of para-hydroxylation sites is 1. The van der Waals surface area contributed by atoms with E-state index in [0.717, 1.165) is 28.2 Å². The van der Waals surface area contributed by atoms with Gasteiger partial charge in [0, 0.05) is 36.2 Å². The molecule has 1 amide bonds. The lowest BCUT2D eigenvalue weighted by molar-refractivity contribution is -0.116. The number of aromatic nitrogens is 4. The van der Waals surface area contributed by atoms with E-state index in [4.69, 9.17) is 4.74 Å². The van der Waals surface area contributed by atoms with E-state index >= 15 is 0 Å². The van der Waals surface area contributed by atoms with Crippen LogP contribution in [0.1, 0.15) is 28.9 Å². The predicted molar refractivity (Wildman–Crippen MR) is 94.4 cm³/mol. The third kappa shape index (κ3) is 3.66. The second-order valence-corrected chi connectivity index (χ2v) is 5.87. The Kier molecular flexibility index (Phi) is 5.04. The number of hydrogen-bond acceptors (Lipinski definition) is 5. The Morgan fingerprint density at radius 1 is 1.28 bits per heavy atom. The number of carbonyl (C=O) groups is 1. The molecule has 0 bridgehead atoms. The molecule has 130 valence electrons. The number of anilines is 1. The lowest BCUT2D eigenvalue weighted by Crippen LogP contribution is -2.15. The predicted octanol–water partition coefficient (Wildman–Crippen LogP) is 2.46. The zero-order valence-electron chi connectivity index (χ0n) is 14.6. The number of aryl methyl sites for hydroxylation is 2. The molecule has 0 saturated carbocycles. The first kappa shape index (κ1) is 17.0. The van der Waals surface area contributed by atoms with E-state index in [9.17, 15) is 4.79 Å². The molecule has 25 heavy (non-hydrogen) atoms. The van der Waals surface area contributed by atoms with E-state index in [1.165, 1.54) is 6.33 Å². The zero-order valence-corrected chi connectivity index (χ0v) is 14.6. The van der Waals surface area contributed by atoms with Gasteiger partial charge >= 0.3 is 0 Å². The van der Waals surface area contributed by atoms with Crippen molar-refractivity contribution in [1.82, 2.24) is 19.6 Å². The molecule has 2 aromatic heterocycles. The van der Waals surface area contributed by atoms with Gasteiger partial charge in [0.25, 0.3) is 5.78 Å². The van der Waals surface area contributed by atoms with Crippen molar-refractivity contribution in [2.75, 3.05) is 12.4 Å². The van der Waals surface area contributed by atoms with E-state index in [1.54, 1.807) is 11.6 Å². The van der Waals surface area contributed by atoms with Gasteiger partial charge in [0.05, 0.1) is 6.61 Å². The second kappa shape index (κ2) is 7.40. The summed E-state index contributed by atoms with van der Waals surface area (Å²) in [7, 11) is 1.64. The Morgan fingerprint density at radius 2 is 2.08 bits per heavy atom. The van der Waals surface area contributed by atoms with E-state index in [-0.39, 0.29) is 5.91 Å². The van der Waals surface area contributed by atoms with Gasteiger partial charge in [-0.2, -0.15) is 10.1 Å². The summed E-state index contributed by atoms with van der Waals surface area (Å²) in [6, 6.07) is 7.64. The van der Waals surface area contributed by atoms with E-state index in [0.29, 0.717) is 25.2 Å². The van der Waals surface area contributed by atoms with Crippen LogP contribution in [0.3, 0.4) is 0 Å². The zero-order chi connectivity index (χ0) is 17.8. The Balaban J connectivity index is 1.71. The molecule has 7 nitrogen and oxygen atoms in total. The first-order valence-corrected chi connectivity index (χ1v) is 8.12. The summed E-state index contributed by atoms with van der Waals surface area (Å²) in [5.74, 6) is 0.540. The van der Waals surface area contributed by atoms with Crippen molar-refractivity contribution >= 4 is 17.4 Å². The molecule has 0 radical (unpaired) electrons. The van der Waals surface area contributed by atoms with Crippen LogP contribution in [0.15, 0.2) is 30.6 Å². The summed E-state index contributed by atoms with van der Waals surface area (Å²) in [4.78, 5) is 20.9. The SMILES string of the molecule is COCc1ccccc1NC(=O)CCc1c(C)nc2ncnn2c1C. The van der Waals surface area contributed by atoms with Gasteiger partial charge in [-0.05, 0) is 31.9 Å². The molecule has 1 N–H and O–H groups in total. The maximum absolute atomic E-state index is 12.4. The lowest BCUT2D eigenvalue weighted by atomic mass is 10.1. The number of carbonyl (C=O) groups excluding carboxylic acids is 1. The minimum Gasteiger partial charge on any atom is -0.380 e. The average Bonchev–Trinajstić information content (AvgIpc) is 3.05. The first-order chi connectivity index (χ1) is 12.1. The minimum absolute atomic E-state index is 0.0407. The summed E-state index contributed by atoms with van der Waals surface area (Å²) >= 11 is 0. The molecule has 0 atom stereocenters. The number of methoxy groups -OCH3 is 1. The molecule has 0 fully saturated rings. The summed E-state index contributed by atoms with van der Waals surface area (Å²) in [6.45, 7) is 4.36. The maximum Gasteiger partial charge on any atom is 0.252 e. The topological polar surface area (TPSA) is 81.4 Å². The average molecular weight is 339 g/mol. The van der Waals surface area contributed by atoms with Crippen molar-refractivity contribution < 1.29 is 9.53 Å². The van der Waals surface area contributed by atoms with Crippen LogP contribution in [0.4, 0.5) is 5.69 Å². The van der Waals surface area contributed by atoms with Gasteiger partial charge in [-0.25, -0.2) is 9.50 Å². The van der Waals surface area contributed by atoms with Crippen LogP contribution < -0.4 is 5.32 Å². The fourth-order valence-electron chi connectivity index (χ4n) is 2.89. The standard InChI is InChI=1S/C18H21N5O2/c1-12-15(13(2)23-18(21-12)19-11-20-23)8-9-17(24)22-16-7-5-4-6-14(16)10-25-3/h4-7,11H,8-10H2,1-3H3,(H,22,24). The van der Waals surface area contributed by atoms with Gasteiger partial charge < -0.3 is 10.1 Å². The number of nitrogens with zero attached hydrogens (tertiary/aromatic N) is 4. The van der Waals surface area contributed by atoms with Crippen LogP contribution in [-0.4, -0.2) is 32.6 Å². The van der Waals surface area contributed by atoms with Gasteiger partial charge in [-0.15, -0.1) is 0 Å². The van der Waals surface area contributed by atoms with Gasteiger partial charge in [0.15, 0.2) is 0 Å². The van der Waals surface area contributed by atoms with Crippen molar-refractivity contribution in [2.45, 2.75) is 33.3 Å². The van der Waals surface area contributed by atoms with Crippen LogP contribution in [0, 0.1) is 13.8 Å². The molecule has 3 aromatic rings. The number of fused-ring (bicyclic) bond motifs is 1. The number of hydrogen-bond donors (Lipinski definition) is 1. The van der Waals surface area contributed by atoms with Gasteiger partial charge in [-0.3, -0.25) is 4.79 Å². The van der Waals surface area contributed by atoms with Gasteiger partial charge in [0.2, 0.25) is 5.91 Å². The van der Waals surface area contributed by atoms with Crippen LogP contribution >= 0.6 is 0 Å². The van der Waals surface area contributed by atoms with Crippen LogP contribution in [0.2, 0.25) is 0 Å². The molecule has 0 aliphatic heterocycles. The Hall–Kier alpha value is -2.80. The van der Waals surface area contributed by atoms with Crippen molar-refractivity contribution in [3.63, 3.8) is 0 Å². The van der Waals surface area contributed by atoms with E-state index < -0.39 is 0 Å². The quantitative estimate of drug-likeness (QED) is 0.746. The van der Waals surface area contributed by atoms with Crippen LogP contribution in [0.25, 0.3) is 5.78 Å². The minimum atomic E-state index is -0.0407.